The van der Waals surface area contributed by atoms with E-state index >= 15 is 0 Å². The topological polar surface area (TPSA) is 202 Å². The predicted octanol–water partition coefficient (Wildman–Crippen LogP) is 3.38. The molecule has 2 aliphatic heterocycles. The third-order valence-corrected chi connectivity index (χ3v) is 17.4. The van der Waals surface area contributed by atoms with Crippen molar-refractivity contribution in [3.8, 4) is 0 Å². The number of fused-ring (bicyclic) bond motifs is 7. The average Bonchev–Trinajstić information content (AvgIpc) is 3.14. The number of carbonyl (C=O) groups excluding carboxylic acids is 2. The second-order valence-corrected chi connectivity index (χ2v) is 20.2. The lowest BCUT2D eigenvalue weighted by Gasteiger charge is -2.71. The number of aliphatic hydroxyl groups excluding tert-OH is 6. The van der Waals surface area contributed by atoms with Gasteiger partial charge in [0.05, 0.1) is 24.7 Å². The molecule has 6 fully saturated rings. The molecule has 19 unspecified atom stereocenters. The zero-order chi connectivity index (χ0) is 40.9. The lowest BCUT2D eigenvalue weighted by atomic mass is 9.33. The smallest absolute Gasteiger partial charge is 0.315 e. The van der Waals surface area contributed by atoms with Crippen molar-refractivity contribution in [1.82, 2.24) is 0 Å². The number of allylic oxidation sites excluding steroid dienone is 2. The van der Waals surface area contributed by atoms with Crippen molar-refractivity contribution >= 4 is 11.9 Å². The van der Waals surface area contributed by atoms with E-state index in [0.717, 1.165) is 51.9 Å². The first kappa shape index (κ1) is 42.4. The molecule has 0 aromatic rings. The predicted molar refractivity (Wildman–Crippen MR) is 201 cm³/mol. The quantitative estimate of drug-likeness (QED) is 0.130. The molecular formula is C43H68O13. The third-order valence-electron chi connectivity index (χ3n) is 17.4. The van der Waals surface area contributed by atoms with Gasteiger partial charge in [0.2, 0.25) is 6.29 Å². The number of carbonyl (C=O) groups is 2. The Kier molecular flexibility index (Phi) is 11.2. The van der Waals surface area contributed by atoms with Crippen molar-refractivity contribution in [2.75, 3.05) is 13.2 Å². The van der Waals surface area contributed by atoms with E-state index in [0.29, 0.717) is 30.6 Å². The third kappa shape index (κ3) is 6.26. The van der Waals surface area contributed by atoms with Crippen LogP contribution in [0.4, 0.5) is 0 Å². The minimum Gasteiger partial charge on any atom is -0.457 e. The van der Waals surface area contributed by atoms with Crippen LogP contribution >= 0.6 is 0 Å². The highest BCUT2D eigenvalue weighted by molar-refractivity contribution is 5.79. The van der Waals surface area contributed by atoms with Crippen molar-refractivity contribution in [1.29, 1.82) is 0 Å². The highest BCUT2D eigenvalue weighted by Gasteiger charge is 2.70. The van der Waals surface area contributed by atoms with Crippen LogP contribution in [0.25, 0.3) is 0 Å². The largest absolute Gasteiger partial charge is 0.457 e. The van der Waals surface area contributed by atoms with E-state index in [1.54, 1.807) is 0 Å². The summed E-state index contributed by atoms with van der Waals surface area (Å²) in [5.74, 6) is -0.0344. The van der Waals surface area contributed by atoms with E-state index in [-0.39, 0.29) is 46.2 Å². The Morgan fingerprint density at radius 3 is 2.21 bits per heavy atom. The van der Waals surface area contributed by atoms with Gasteiger partial charge in [0.15, 0.2) is 18.5 Å². The van der Waals surface area contributed by atoms with Gasteiger partial charge in [-0.3, -0.25) is 9.59 Å². The lowest BCUT2D eigenvalue weighted by molar-refractivity contribution is -0.308. The molecule has 0 aromatic heterocycles. The van der Waals surface area contributed by atoms with Gasteiger partial charge >= 0.3 is 11.9 Å². The van der Waals surface area contributed by atoms with Crippen molar-refractivity contribution < 1.29 is 63.9 Å². The number of hydrogen-bond donors (Lipinski definition) is 6. The van der Waals surface area contributed by atoms with Crippen LogP contribution in [0, 0.1) is 56.7 Å². The number of hydrogen-bond acceptors (Lipinski definition) is 13. The van der Waals surface area contributed by atoms with Crippen LogP contribution in [0.3, 0.4) is 0 Å². The van der Waals surface area contributed by atoms with Crippen LogP contribution in [0.2, 0.25) is 0 Å². The summed E-state index contributed by atoms with van der Waals surface area (Å²) in [6, 6.07) is 0. The van der Waals surface area contributed by atoms with E-state index in [9.17, 15) is 40.2 Å². The highest BCUT2D eigenvalue weighted by atomic mass is 16.7. The first-order chi connectivity index (χ1) is 26.2. The van der Waals surface area contributed by atoms with Gasteiger partial charge in [-0.1, -0.05) is 60.1 Å². The molecule has 0 radical (unpaired) electrons. The minimum absolute atomic E-state index is 0.0111. The Labute approximate surface area is 331 Å². The Balaban J connectivity index is 1.16. The summed E-state index contributed by atoms with van der Waals surface area (Å²) in [4.78, 5) is 26.6. The molecule has 7 aliphatic rings. The van der Waals surface area contributed by atoms with Crippen LogP contribution in [0.5, 0.6) is 0 Å². The molecule has 13 nitrogen and oxygen atoms in total. The standard InChI is InChI=1S/C43H68O13/c1-21-11-16-43(38(51)56-37-34(50)35(53-23(3)45)32(48)26(19-44)54-37)18-17-41(7)24(30(43)22(21)2)9-10-28-40(6)14-13-29(39(4,5)27(40)12-15-42(28,41)8)55-36-33(49)31(47)25(46)20-52-36/h9,21-22,25-37,44,46-50H,10-20H2,1-8H3. The van der Waals surface area contributed by atoms with Gasteiger partial charge in [0, 0.05) is 6.92 Å². The van der Waals surface area contributed by atoms with E-state index in [2.05, 4.69) is 54.5 Å². The summed E-state index contributed by atoms with van der Waals surface area (Å²) in [7, 11) is 0. The number of esters is 2. The fraction of sp³-hybridized carbons (Fsp3) is 0.907. The summed E-state index contributed by atoms with van der Waals surface area (Å²) in [6.07, 6.45) is -2.38. The van der Waals surface area contributed by atoms with Crippen molar-refractivity contribution in [2.24, 2.45) is 56.7 Å². The van der Waals surface area contributed by atoms with E-state index < -0.39 is 79.3 Å². The molecule has 2 heterocycles. The normalized spacial score (nSPS) is 52.6. The van der Waals surface area contributed by atoms with E-state index in [1.165, 1.54) is 5.57 Å². The summed E-state index contributed by atoms with van der Waals surface area (Å²) in [6.45, 7) is 16.9. The fourth-order valence-corrected chi connectivity index (χ4v) is 13.8. The average molecular weight is 793 g/mol. The van der Waals surface area contributed by atoms with Crippen LogP contribution in [0.1, 0.15) is 113 Å². The first-order valence-electron chi connectivity index (χ1n) is 21.2. The molecule has 19 atom stereocenters. The summed E-state index contributed by atoms with van der Waals surface area (Å²) >= 11 is 0. The zero-order valence-corrected chi connectivity index (χ0v) is 34.6. The molecule has 7 rings (SSSR count). The molecule has 318 valence electrons. The first-order valence-corrected chi connectivity index (χ1v) is 21.2. The molecule has 5 aliphatic carbocycles. The van der Waals surface area contributed by atoms with Crippen LogP contribution in [-0.4, -0.2) is 117 Å². The number of ether oxygens (including phenoxy) is 5. The van der Waals surface area contributed by atoms with Gasteiger partial charge in [0.1, 0.15) is 30.5 Å². The molecular weight excluding hydrogens is 724 g/mol. The molecule has 6 N–H and O–H groups in total. The molecule has 0 spiro atoms. The minimum atomic E-state index is -1.64. The van der Waals surface area contributed by atoms with Gasteiger partial charge in [-0.2, -0.15) is 0 Å². The van der Waals surface area contributed by atoms with Gasteiger partial charge in [-0.25, -0.2) is 0 Å². The number of rotatable bonds is 6. The highest BCUT2D eigenvalue weighted by Crippen LogP contribution is 2.76. The maximum absolute atomic E-state index is 14.8. The van der Waals surface area contributed by atoms with Gasteiger partial charge < -0.3 is 54.3 Å². The molecule has 13 heteroatoms. The van der Waals surface area contributed by atoms with Crippen molar-refractivity contribution in [2.45, 2.75) is 175 Å². The maximum atomic E-state index is 14.8. The summed E-state index contributed by atoms with van der Waals surface area (Å²) in [5.41, 5.74) is -0.0378. The van der Waals surface area contributed by atoms with Gasteiger partial charge in [-0.15, -0.1) is 0 Å². The monoisotopic (exact) mass is 792 g/mol. The molecule has 56 heavy (non-hydrogen) atoms. The lowest BCUT2D eigenvalue weighted by Crippen LogP contribution is -2.66. The molecule has 0 aromatic carbocycles. The molecule has 0 amide bonds. The Morgan fingerprint density at radius 2 is 1.54 bits per heavy atom. The van der Waals surface area contributed by atoms with Crippen molar-refractivity contribution in [3.05, 3.63) is 11.6 Å². The maximum Gasteiger partial charge on any atom is 0.315 e. The second-order valence-electron chi connectivity index (χ2n) is 20.2. The Bertz CT molecular complexity index is 1530. The summed E-state index contributed by atoms with van der Waals surface area (Å²) in [5, 5.41) is 62.9. The molecule has 2 saturated heterocycles. The molecule has 4 saturated carbocycles. The zero-order valence-electron chi connectivity index (χ0n) is 34.6. The SMILES string of the molecule is CC(=O)OC1C(O)C(CO)OC(OC(=O)C23CCC(C)C(C)C2C2=CCC4C5(C)CCC(OC6OCC(O)C(O)C6O)C(C)(C)C5CCC4(C)C2(C)CC3)C1O. The van der Waals surface area contributed by atoms with Gasteiger partial charge in [0.25, 0.3) is 0 Å². The summed E-state index contributed by atoms with van der Waals surface area (Å²) < 4.78 is 29.3. The Morgan fingerprint density at radius 1 is 0.821 bits per heavy atom. The van der Waals surface area contributed by atoms with E-state index in [4.69, 9.17) is 23.7 Å². The Hall–Kier alpha value is -1.68. The number of aliphatic hydroxyl groups is 6. The van der Waals surface area contributed by atoms with Crippen LogP contribution in [0.15, 0.2) is 11.6 Å². The van der Waals surface area contributed by atoms with E-state index in [1.807, 2.05) is 0 Å². The van der Waals surface area contributed by atoms with Crippen molar-refractivity contribution in [3.63, 3.8) is 0 Å². The molecule has 0 bridgehead atoms. The van der Waals surface area contributed by atoms with Crippen LogP contribution in [-0.2, 0) is 33.3 Å². The van der Waals surface area contributed by atoms with Gasteiger partial charge in [-0.05, 0) is 109 Å². The van der Waals surface area contributed by atoms with Crippen LogP contribution < -0.4 is 0 Å². The second kappa shape index (κ2) is 14.8. The fourth-order valence-electron chi connectivity index (χ4n) is 13.8.